The molecule has 122 valence electrons. The normalized spacial score (nSPS) is 25.0. The first-order chi connectivity index (χ1) is 10.5. The first-order valence-corrected chi connectivity index (χ1v) is 8.03. The van der Waals surface area contributed by atoms with Crippen molar-refractivity contribution >= 4 is 5.97 Å². The van der Waals surface area contributed by atoms with E-state index in [0.29, 0.717) is 29.1 Å². The first-order valence-electron chi connectivity index (χ1n) is 8.03. The summed E-state index contributed by atoms with van der Waals surface area (Å²) in [7, 11) is 1.53. The number of hydrogen-bond donors (Lipinski definition) is 0. The Hall–Kier alpha value is -1.55. The highest BCUT2D eigenvalue weighted by Gasteiger charge is 2.33. The summed E-state index contributed by atoms with van der Waals surface area (Å²) in [6.45, 7) is 6.60. The molecule has 22 heavy (non-hydrogen) atoms. The molecule has 1 aromatic rings. The molecule has 3 atom stereocenters. The number of benzene rings is 1. The lowest BCUT2D eigenvalue weighted by atomic mass is 9.75. The summed E-state index contributed by atoms with van der Waals surface area (Å²) in [6, 6.07) is 7.00. The van der Waals surface area contributed by atoms with E-state index in [1.54, 1.807) is 18.2 Å². The molecule has 2 rings (SSSR count). The number of methoxy groups -OCH3 is 1. The van der Waals surface area contributed by atoms with Crippen molar-refractivity contribution in [3.63, 3.8) is 0 Å². The lowest BCUT2D eigenvalue weighted by molar-refractivity contribution is -0.296. The summed E-state index contributed by atoms with van der Waals surface area (Å²) in [5, 5.41) is 0. The van der Waals surface area contributed by atoms with Gasteiger partial charge < -0.3 is 4.74 Å². The standard InChI is InChI=1S/C18H26O4/c1-12(2)14-10-9-13(3)11-17(14)21-22-18(19)15-7-5-6-8-16(15)20-4/h5-8,12-14,17H,9-11H2,1-4H3. The molecule has 0 heterocycles. The van der Waals surface area contributed by atoms with Crippen molar-refractivity contribution in [1.29, 1.82) is 0 Å². The van der Waals surface area contributed by atoms with Crippen LogP contribution in [0.15, 0.2) is 24.3 Å². The van der Waals surface area contributed by atoms with Gasteiger partial charge in [-0.15, -0.1) is 0 Å². The molecule has 1 aliphatic carbocycles. The van der Waals surface area contributed by atoms with Gasteiger partial charge in [0.2, 0.25) is 0 Å². The molecule has 4 heteroatoms. The van der Waals surface area contributed by atoms with Gasteiger partial charge in [0.25, 0.3) is 0 Å². The summed E-state index contributed by atoms with van der Waals surface area (Å²) in [5.74, 6) is 1.54. The largest absolute Gasteiger partial charge is 0.496 e. The van der Waals surface area contributed by atoms with Crippen LogP contribution in [0.5, 0.6) is 5.75 Å². The van der Waals surface area contributed by atoms with Crippen LogP contribution in [-0.4, -0.2) is 19.2 Å². The fourth-order valence-corrected chi connectivity index (χ4v) is 3.19. The van der Waals surface area contributed by atoms with Crippen molar-refractivity contribution in [2.24, 2.45) is 17.8 Å². The second-order valence-electron chi connectivity index (χ2n) is 6.53. The van der Waals surface area contributed by atoms with Crippen molar-refractivity contribution < 1.29 is 19.3 Å². The van der Waals surface area contributed by atoms with Gasteiger partial charge in [-0.25, -0.2) is 4.79 Å². The Kier molecular flexibility index (Phi) is 5.83. The van der Waals surface area contributed by atoms with Crippen LogP contribution in [-0.2, 0) is 9.78 Å². The highest BCUT2D eigenvalue weighted by molar-refractivity contribution is 5.92. The van der Waals surface area contributed by atoms with Gasteiger partial charge in [0.15, 0.2) is 0 Å². The van der Waals surface area contributed by atoms with Crippen molar-refractivity contribution in [3.05, 3.63) is 29.8 Å². The minimum absolute atomic E-state index is 0.0255. The molecule has 1 fully saturated rings. The highest BCUT2D eigenvalue weighted by atomic mass is 17.2. The Morgan fingerprint density at radius 3 is 2.64 bits per heavy atom. The predicted molar refractivity (Wildman–Crippen MR) is 84.6 cm³/mol. The Bertz CT molecular complexity index is 498. The molecule has 3 unspecified atom stereocenters. The van der Waals surface area contributed by atoms with Crippen LogP contribution in [0.3, 0.4) is 0 Å². The van der Waals surface area contributed by atoms with Crippen LogP contribution in [0.1, 0.15) is 50.4 Å². The molecule has 0 bridgehead atoms. The van der Waals surface area contributed by atoms with E-state index in [1.807, 2.05) is 6.07 Å². The van der Waals surface area contributed by atoms with Crippen LogP contribution >= 0.6 is 0 Å². The molecule has 0 aliphatic heterocycles. The number of carbonyl (C=O) groups excluding carboxylic acids is 1. The summed E-state index contributed by atoms with van der Waals surface area (Å²) >= 11 is 0. The lowest BCUT2D eigenvalue weighted by Gasteiger charge is -2.35. The number of para-hydroxylation sites is 1. The van der Waals surface area contributed by atoms with Gasteiger partial charge in [0, 0.05) is 0 Å². The maximum absolute atomic E-state index is 12.2. The van der Waals surface area contributed by atoms with E-state index in [9.17, 15) is 4.79 Å². The number of ether oxygens (including phenoxy) is 1. The smallest absolute Gasteiger partial charge is 0.376 e. The monoisotopic (exact) mass is 306 g/mol. The van der Waals surface area contributed by atoms with Gasteiger partial charge in [0.1, 0.15) is 17.4 Å². The Morgan fingerprint density at radius 2 is 1.95 bits per heavy atom. The van der Waals surface area contributed by atoms with Crippen LogP contribution < -0.4 is 4.74 Å². The Labute approximate surface area is 132 Å². The Morgan fingerprint density at radius 1 is 1.23 bits per heavy atom. The minimum Gasteiger partial charge on any atom is -0.496 e. The van der Waals surface area contributed by atoms with E-state index in [1.165, 1.54) is 13.5 Å². The van der Waals surface area contributed by atoms with Crippen molar-refractivity contribution in [2.75, 3.05) is 7.11 Å². The number of carbonyl (C=O) groups is 1. The van der Waals surface area contributed by atoms with Gasteiger partial charge in [0.05, 0.1) is 7.11 Å². The molecule has 1 saturated carbocycles. The van der Waals surface area contributed by atoms with Crippen LogP contribution in [0.25, 0.3) is 0 Å². The molecule has 1 aromatic carbocycles. The molecule has 0 radical (unpaired) electrons. The highest BCUT2D eigenvalue weighted by Crippen LogP contribution is 2.35. The van der Waals surface area contributed by atoms with E-state index in [-0.39, 0.29) is 6.10 Å². The van der Waals surface area contributed by atoms with E-state index < -0.39 is 5.97 Å². The summed E-state index contributed by atoms with van der Waals surface area (Å²) < 4.78 is 5.18. The van der Waals surface area contributed by atoms with E-state index in [0.717, 1.165) is 12.8 Å². The molecule has 0 spiro atoms. The third kappa shape index (κ3) is 4.01. The van der Waals surface area contributed by atoms with Gasteiger partial charge in [-0.2, -0.15) is 4.89 Å². The molecule has 0 amide bonds. The summed E-state index contributed by atoms with van der Waals surface area (Å²) in [5.41, 5.74) is 0.384. The van der Waals surface area contributed by atoms with Gasteiger partial charge in [-0.05, 0) is 42.7 Å². The average Bonchev–Trinajstić information content (AvgIpc) is 2.52. The van der Waals surface area contributed by atoms with Gasteiger partial charge in [-0.1, -0.05) is 39.3 Å². The Balaban J connectivity index is 1.99. The van der Waals surface area contributed by atoms with Crippen molar-refractivity contribution in [1.82, 2.24) is 0 Å². The molecule has 0 aromatic heterocycles. The second kappa shape index (κ2) is 7.63. The van der Waals surface area contributed by atoms with Crippen LogP contribution in [0.4, 0.5) is 0 Å². The van der Waals surface area contributed by atoms with Crippen molar-refractivity contribution in [2.45, 2.75) is 46.1 Å². The third-order valence-electron chi connectivity index (χ3n) is 4.54. The SMILES string of the molecule is COc1ccccc1C(=O)OOC1CC(C)CCC1C(C)C. The van der Waals surface area contributed by atoms with Crippen LogP contribution in [0.2, 0.25) is 0 Å². The molecular formula is C18H26O4. The van der Waals surface area contributed by atoms with E-state index in [4.69, 9.17) is 14.5 Å². The minimum atomic E-state index is -0.502. The second-order valence-corrected chi connectivity index (χ2v) is 6.53. The van der Waals surface area contributed by atoms with E-state index >= 15 is 0 Å². The topological polar surface area (TPSA) is 44.8 Å². The molecule has 4 nitrogen and oxygen atoms in total. The zero-order chi connectivity index (χ0) is 16.1. The quantitative estimate of drug-likeness (QED) is 0.603. The third-order valence-corrected chi connectivity index (χ3v) is 4.54. The van der Waals surface area contributed by atoms with E-state index in [2.05, 4.69) is 20.8 Å². The zero-order valence-corrected chi connectivity index (χ0v) is 13.9. The summed E-state index contributed by atoms with van der Waals surface area (Å²) in [4.78, 5) is 22.9. The number of hydrogen-bond acceptors (Lipinski definition) is 4. The van der Waals surface area contributed by atoms with Crippen molar-refractivity contribution in [3.8, 4) is 5.75 Å². The zero-order valence-electron chi connectivity index (χ0n) is 13.9. The maximum atomic E-state index is 12.2. The average molecular weight is 306 g/mol. The van der Waals surface area contributed by atoms with Crippen LogP contribution in [0, 0.1) is 17.8 Å². The summed E-state index contributed by atoms with van der Waals surface area (Å²) in [6.07, 6.45) is 3.24. The lowest BCUT2D eigenvalue weighted by Crippen LogP contribution is -2.35. The van der Waals surface area contributed by atoms with Gasteiger partial charge >= 0.3 is 5.97 Å². The molecule has 1 aliphatic rings. The number of rotatable bonds is 5. The first kappa shape index (κ1) is 16.8. The predicted octanol–water partition coefficient (Wildman–Crippen LogP) is 4.24. The molecule has 0 saturated heterocycles. The fourth-order valence-electron chi connectivity index (χ4n) is 3.19. The molecule has 0 N–H and O–H groups in total. The molecular weight excluding hydrogens is 280 g/mol. The fraction of sp³-hybridized carbons (Fsp3) is 0.611. The van der Waals surface area contributed by atoms with Gasteiger partial charge in [-0.3, -0.25) is 4.89 Å². The maximum Gasteiger partial charge on any atom is 0.376 e.